The average molecular weight is 300 g/mol. The van der Waals surface area contributed by atoms with E-state index in [1.165, 1.54) is 0 Å². The summed E-state index contributed by atoms with van der Waals surface area (Å²) in [4.78, 5) is 0. The first-order chi connectivity index (χ1) is 3.73. The summed E-state index contributed by atoms with van der Waals surface area (Å²) in [6, 6.07) is 0. The molecule has 68 valence electrons. The monoisotopic (exact) mass is 298 g/mol. The van der Waals surface area contributed by atoms with Crippen molar-refractivity contribution in [2.24, 2.45) is 0 Å². The van der Waals surface area contributed by atoms with Gasteiger partial charge in [0.05, 0.1) is 10.8 Å². The van der Waals surface area contributed by atoms with Gasteiger partial charge in [-0.3, -0.25) is 0 Å². The van der Waals surface area contributed by atoms with Crippen molar-refractivity contribution in [1.29, 1.82) is 0 Å². The molecule has 0 rings (SSSR count). The van der Waals surface area contributed by atoms with E-state index in [9.17, 15) is 0 Å². The maximum absolute atomic E-state index is 8.41. The van der Waals surface area contributed by atoms with E-state index < -0.39 is 18.2 Å². The topological polar surface area (TPSA) is 69.2 Å². The van der Waals surface area contributed by atoms with Crippen LogP contribution in [0, 0.1) is 10.8 Å². The van der Waals surface area contributed by atoms with Crippen LogP contribution in [-0.4, -0.2) is 7.38 Å². The van der Waals surface area contributed by atoms with Crippen molar-refractivity contribution >= 4 is 18.5 Å². The number of hydrogen-bond acceptors (Lipinski definition) is 3. The van der Waals surface area contributed by atoms with E-state index in [4.69, 9.17) is 25.1 Å². The molecule has 7 heteroatoms. The van der Waals surface area contributed by atoms with Crippen molar-refractivity contribution in [3.05, 3.63) is 0 Å². The van der Waals surface area contributed by atoms with Crippen molar-refractivity contribution in [3.63, 3.8) is 0 Å². The number of rotatable bonds is 0. The molecule has 0 N–H and O–H groups in total. The molecule has 0 aromatic rings. The second kappa shape index (κ2) is 8.51. The molecule has 0 saturated carbocycles. The first-order valence-electron chi connectivity index (χ1n) is 2.15. The number of hydrogen-bond donors (Lipinski definition) is 0. The molecule has 0 atom stereocenters. The molecule has 0 heterocycles. The van der Waals surface area contributed by atoms with Crippen LogP contribution in [0.3, 0.4) is 0 Å². The molecule has 0 aromatic carbocycles. The largest absolute Gasteiger partial charge is 1.00 e. The van der Waals surface area contributed by atoms with Crippen LogP contribution in [0.15, 0.2) is 0 Å². The van der Waals surface area contributed by atoms with Crippen LogP contribution in [-0.2, 0) is 22.4 Å². The van der Waals surface area contributed by atoms with Gasteiger partial charge in [-0.15, -0.1) is 0 Å². The van der Waals surface area contributed by atoms with Gasteiger partial charge in [0.25, 0.3) is 0 Å². The predicted octanol–water partition coefficient (Wildman–Crippen LogP) is -1.51. The molecule has 0 aliphatic rings. The zero-order valence-electron chi connectivity index (χ0n) is 5.78. The summed E-state index contributed by atoms with van der Waals surface area (Å²) in [5.41, 5.74) is 0. The van der Waals surface area contributed by atoms with E-state index >= 15 is 0 Å². The van der Waals surface area contributed by atoms with Crippen molar-refractivity contribution in [1.82, 2.24) is 0 Å². The third-order valence-corrected chi connectivity index (χ3v) is 0. The van der Waals surface area contributed by atoms with Gasteiger partial charge >= 0.3 is 22.4 Å². The molecular formula is C3H9AgCl2O3Si. The Morgan fingerprint density at radius 1 is 1.10 bits per heavy atom. The van der Waals surface area contributed by atoms with E-state index in [1.54, 1.807) is 0 Å². The van der Waals surface area contributed by atoms with Crippen LogP contribution in [0.2, 0.25) is 19.6 Å². The number of halogens is 2. The fraction of sp³-hybridized carbons (Fsp3) is 1.00. The molecule has 0 unspecified atom stereocenters. The molecular weight excluding hydrogens is 291 g/mol. The minimum atomic E-state index is -2.85. The Labute approximate surface area is 85.0 Å². The molecule has 0 radical (unpaired) electrons. The maximum atomic E-state index is 8.41. The molecule has 3 nitrogen and oxygen atoms in total. The molecule has 0 aliphatic carbocycles. The fourth-order valence-corrected chi connectivity index (χ4v) is 0. The summed E-state index contributed by atoms with van der Waals surface area (Å²) in [5, 5.41) is 0. The van der Waals surface area contributed by atoms with Crippen molar-refractivity contribution < 1.29 is 47.1 Å². The van der Waals surface area contributed by atoms with Gasteiger partial charge in [0.15, 0.2) is 0 Å². The minimum Gasteiger partial charge on any atom is -0.357 e. The first kappa shape index (κ1) is 17.5. The van der Waals surface area contributed by atoms with Gasteiger partial charge in [-0.25, -0.2) is 0 Å². The summed E-state index contributed by atoms with van der Waals surface area (Å²) in [5.74, 6) is 0. The summed E-state index contributed by atoms with van der Waals surface area (Å²) >= 11 is 5.67. The van der Waals surface area contributed by atoms with Crippen molar-refractivity contribution in [2.45, 2.75) is 19.6 Å². The molecule has 0 aliphatic heterocycles. The predicted molar refractivity (Wildman–Crippen MR) is 29.2 cm³/mol. The zero-order chi connectivity index (χ0) is 8.08. The van der Waals surface area contributed by atoms with E-state index in [-0.39, 0.29) is 22.4 Å². The Kier molecular flexibility index (Phi) is 14.9. The minimum absolute atomic E-state index is 0. The van der Waals surface area contributed by atoms with Crippen LogP contribution in [0.25, 0.3) is 0 Å². The van der Waals surface area contributed by atoms with Gasteiger partial charge in [-0.05, 0) is 0 Å². The molecule has 0 fully saturated rings. The van der Waals surface area contributed by atoms with Gasteiger partial charge in [-0.1, -0.05) is 19.6 Å². The van der Waals surface area contributed by atoms with Crippen molar-refractivity contribution in [3.8, 4) is 0 Å². The molecule has 10 heavy (non-hydrogen) atoms. The Balaban J connectivity index is -0.0000000910. The maximum Gasteiger partial charge on any atom is 1.00 e. The molecule has 0 amide bonds. The Hall–Kier alpha value is 1.42. The van der Waals surface area contributed by atoms with Crippen LogP contribution < -0.4 is 14.0 Å². The van der Waals surface area contributed by atoms with Gasteiger partial charge in [-0.2, -0.15) is 11.1 Å². The Bertz CT molecular complexity index is 58.5. The summed E-state index contributed by atoms with van der Waals surface area (Å²) in [7, 11) is -3.99. The van der Waals surface area contributed by atoms with E-state index in [2.05, 4.69) is 19.6 Å². The van der Waals surface area contributed by atoms with Crippen LogP contribution in [0.1, 0.15) is 0 Å². The van der Waals surface area contributed by atoms with Crippen molar-refractivity contribution in [2.75, 3.05) is 0 Å². The SMILES string of the molecule is C[Si](C)(C)Cl.[Ag+].[O-][Cl+2]([O-])[O-]. The van der Waals surface area contributed by atoms with Crippen LogP contribution in [0.4, 0.5) is 0 Å². The van der Waals surface area contributed by atoms with Crippen LogP contribution >= 0.6 is 11.1 Å². The Morgan fingerprint density at radius 2 is 1.10 bits per heavy atom. The van der Waals surface area contributed by atoms with E-state index in [0.29, 0.717) is 0 Å². The van der Waals surface area contributed by atoms with Gasteiger partial charge in [0.1, 0.15) is 7.38 Å². The average Bonchev–Trinajstić information content (AvgIpc) is 1.19. The Morgan fingerprint density at radius 3 is 1.10 bits per heavy atom. The standard InChI is InChI=1S/C3H9ClSi.Ag.ClO3/c1-5(2,3)4;;2-1(3)4/h1-3H3;;/q;+1;-1. The summed E-state index contributed by atoms with van der Waals surface area (Å²) in [6.45, 7) is 6.28. The van der Waals surface area contributed by atoms with E-state index in [0.717, 1.165) is 0 Å². The molecule has 0 aromatic heterocycles. The summed E-state index contributed by atoms with van der Waals surface area (Å²) < 4.78 is 25.2. The van der Waals surface area contributed by atoms with Crippen LogP contribution in [0.5, 0.6) is 0 Å². The third-order valence-electron chi connectivity index (χ3n) is 0. The summed E-state index contributed by atoms with van der Waals surface area (Å²) in [6.07, 6.45) is 0. The third kappa shape index (κ3) is 332. The zero-order valence-corrected chi connectivity index (χ0v) is 9.78. The molecule has 0 spiro atoms. The second-order valence-corrected chi connectivity index (χ2v) is 10.2. The normalized spacial score (nSPS) is 9.60. The molecule has 0 bridgehead atoms. The van der Waals surface area contributed by atoms with Gasteiger partial charge < -0.3 is 14.0 Å². The quantitative estimate of drug-likeness (QED) is 0.403. The van der Waals surface area contributed by atoms with Gasteiger partial charge in [0.2, 0.25) is 0 Å². The van der Waals surface area contributed by atoms with Gasteiger partial charge in [0, 0.05) is 0 Å². The smallest absolute Gasteiger partial charge is 0.357 e. The molecule has 0 saturated heterocycles. The van der Waals surface area contributed by atoms with E-state index in [1.807, 2.05) is 0 Å². The first-order valence-corrected chi connectivity index (χ1v) is 7.59. The fourth-order valence-electron chi connectivity index (χ4n) is 0. The second-order valence-electron chi connectivity index (χ2n) is 2.26.